The van der Waals surface area contributed by atoms with Gasteiger partial charge in [-0.3, -0.25) is 14.6 Å². The number of fused-ring (bicyclic) bond motifs is 1. The number of benzene rings is 1. The Morgan fingerprint density at radius 3 is 2.43 bits per heavy atom. The van der Waals surface area contributed by atoms with Crippen molar-refractivity contribution in [2.24, 2.45) is 0 Å². The molecule has 2 amide bonds. The molecule has 0 atom stereocenters. The maximum Gasteiger partial charge on any atom is 0.253 e. The van der Waals surface area contributed by atoms with Gasteiger partial charge in [-0.25, -0.2) is 9.97 Å². The van der Waals surface area contributed by atoms with Crippen LogP contribution in [0.1, 0.15) is 24.2 Å². The van der Waals surface area contributed by atoms with Crippen LogP contribution in [0, 0.1) is 0 Å². The lowest BCUT2D eigenvalue weighted by molar-refractivity contribution is -0.130. The highest BCUT2D eigenvalue weighted by Crippen LogP contribution is 2.29. The Labute approximate surface area is 203 Å². The number of carbonyl (C=O) groups excluding carboxylic acids is 2. The summed E-state index contributed by atoms with van der Waals surface area (Å²) in [6.45, 7) is 6.74. The molecule has 0 radical (unpaired) electrons. The minimum atomic E-state index is -0.0280. The van der Waals surface area contributed by atoms with Crippen LogP contribution in [-0.2, 0) is 11.3 Å². The molecular weight excluding hydrogens is 442 g/mol. The molecule has 0 saturated carbocycles. The molecule has 35 heavy (non-hydrogen) atoms. The Balaban J connectivity index is 1.30. The van der Waals surface area contributed by atoms with Crippen molar-refractivity contribution in [3.05, 3.63) is 66.7 Å². The van der Waals surface area contributed by atoms with E-state index in [9.17, 15) is 9.59 Å². The molecule has 0 unspecified atom stereocenters. The minimum absolute atomic E-state index is 0.0280. The van der Waals surface area contributed by atoms with Crippen LogP contribution in [0.5, 0.6) is 0 Å². The summed E-state index contributed by atoms with van der Waals surface area (Å²) in [6, 6.07) is 11.2. The number of hydrogen-bond acceptors (Lipinski definition) is 6. The highest BCUT2D eigenvalue weighted by molar-refractivity contribution is 5.95. The number of nitrogens with one attached hydrogen (secondary N) is 1. The molecule has 1 aliphatic heterocycles. The number of piperazine rings is 1. The molecule has 9 nitrogen and oxygen atoms in total. The van der Waals surface area contributed by atoms with Crippen LogP contribution in [0.4, 0.5) is 11.6 Å². The number of anilines is 2. The number of amides is 2. The molecule has 178 valence electrons. The van der Waals surface area contributed by atoms with Crippen molar-refractivity contribution in [1.29, 1.82) is 0 Å². The number of aryl methyl sites for hydroxylation is 1. The topological polar surface area (TPSA) is 96.2 Å². The minimum Gasteiger partial charge on any atom is -0.346 e. The summed E-state index contributed by atoms with van der Waals surface area (Å²) in [4.78, 5) is 41.3. The number of carbonyl (C=O) groups is 2. The maximum absolute atomic E-state index is 12.9. The average molecular weight is 470 g/mol. The first-order valence-corrected chi connectivity index (χ1v) is 11.7. The second kappa shape index (κ2) is 9.54. The molecule has 3 aromatic heterocycles. The van der Waals surface area contributed by atoms with Gasteiger partial charge in [-0.15, -0.1) is 0 Å². The van der Waals surface area contributed by atoms with Crippen molar-refractivity contribution in [3.8, 4) is 11.3 Å². The van der Waals surface area contributed by atoms with Gasteiger partial charge >= 0.3 is 0 Å². The fourth-order valence-corrected chi connectivity index (χ4v) is 4.40. The number of pyridine rings is 1. The van der Waals surface area contributed by atoms with Crippen LogP contribution in [0.15, 0.2) is 61.2 Å². The van der Waals surface area contributed by atoms with Crippen LogP contribution in [0.2, 0.25) is 0 Å². The average Bonchev–Trinajstić information content (AvgIpc) is 3.28. The largest absolute Gasteiger partial charge is 0.346 e. The van der Waals surface area contributed by atoms with E-state index in [0.717, 1.165) is 34.4 Å². The van der Waals surface area contributed by atoms with E-state index in [4.69, 9.17) is 4.98 Å². The van der Waals surface area contributed by atoms with Crippen molar-refractivity contribution in [2.45, 2.75) is 20.4 Å². The van der Waals surface area contributed by atoms with E-state index in [1.807, 2.05) is 30.5 Å². The van der Waals surface area contributed by atoms with Crippen LogP contribution in [0.25, 0.3) is 22.2 Å². The summed E-state index contributed by atoms with van der Waals surface area (Å²) in [7, 11) is 0. The summed E-state index contributed by atoms with van der Waals surface area (Å²) < 4.78 is 2.16. The first kappa shape index (κ1) is 22.5. The summed E-state index contributed by atoms with van der Waals surface area (Å²) in [6.07, 6.45) is 7.49. The predicted molar refractivity (Wildman–Crippen MR) is 134 cm³/mol. The highest BCUT2D eigenvalue weighted by Gasteiger charge is 2.23. The zero-order valence-corrected chi connectivity index (χ0v) is 19.8. The molecule has 5 rings (SSSR count). The van der Waals surface area contributed by atoms with Crippen LogP contribution < -0.4 is 5.32 Å². The maximum atomic E-state index is 12.9. The van der Waals surface area contributed by atoms with E-state index in [1.54, 1.807) is 41.2 Å². The molecule has 1 saturated heterocycles. The number of hydrogen-bond donors (Lipinski definition) is 1. The summed E-state index contributed by atoms with van der Waals surface area (Å²) >= 11 is 0. The molecule has 1 aliphatic rings. The second-order valence-electron chi connectivity index (χ2n) is 8.49. The van der Waals surface area contributed by atoms with Crippen LogP contribution in [0.3, 0.4) is 0 Å². The second-order valence-corrected chi connectivity index (χ2v) is 8.49. The van der Waals surface area contributed by atoms with Crippen LogP contribution >= 0.6 is 0 Å². The van der Waals surface area contributed by atoms with Crippen molar-refractivity contribution < 1.29 is 9.59 Å². The van der Waals surface area contributed by atoms with Gasteiger partial charge in [-0.05, 0) is 43.3 Å². The third kappa shape index (κ3) is 4.57. The van der Waals surface area contributed by atoms with Crippen molar-refractivity contribution in [1.82, 2.24) is 29.3 Å². The van der Waals surface area contributed by atoms with Gasteiger partial charge in [0.05, 0.1) is 17.4 Å². The zero-order chi connectivity index (χ0) is 24.4. The van der Waals surface area contributed by atoms with Crippen LogP contribution in [-0.4, -0.2) is 67.3 Å². The number of nitrogens with zero attached hydrogens (tertiary/aromatic N) is 6. The van der Waals surface area contributed by atoms with Gasteiger partial charge in [-0.2, -0.15) is 0 Å². The van der Waals surface area contributed by atoms with E-state index < -0.39 is 0 Å². The Morgan fingerprint density at radius 1 is 0.971 bits per heavy atom. The molecule has 0 aliphatic carbocycles. The molecule has 1 fully saturated rings. The quantitative estimate of drug-likeness (QED) is 0.480. The molecule has 0 spiro atoms. The summed E-state index contributed by atoms with van der Waals surface area (Å²) in [5, 5.41) is 4.33. The van der Waals surface area contributed by atoms with E-state index >= 15 is 0 Å². The van der Waals surface area contributed by atoms with Gasteiger partial charge in [0.1, 0.15) is 0 Å². The lowest BCUT2D eigenvalue weighted by Gasteiger charge is -2.34. The highest BCUT2D eigenvalue weighted by atomic mass is 16.2. The molecule has 9 heteroatoms. The van der Waals surface area contributed by atoms with Gasteiger partial charge in [0.25, 0.3) is 5.91 Å². The number of aromatic nitrogens is 4. The van der Waals surface area contributed by atoms with Gasteiger partial charge < -0.3 is 19.7 Å². The van der Waals surface area contributed by atoms with Gasteiger partial charge in [0, 0.05) is 80.4 Å². The van der Waals surface area contributed by atoms with E-state index in [0.29, 0.717) is 37.7 Å². The van der Waals surface area contributed by atoms with Gasteiger partial charge in [0.2, 0.25) is 11.9 Å². The fraction of sp³-hybridized carbons (Fsp3) is 0.269. The Morgan fingerprint density at radius 2 is 1.71 bits per heavy atom. The molecular formula is C26H27N7O2. The normalized spacial score (nSPS) is 13.8. The first-order valence-electron chi connectivity index (χ1n) is 11.7. The summed E-state index contributed by atoms with van der Waals surface area (Å²) in [5.74, 6) is 0.500. The Bertz CT molecular complexity index is 1370. The zero-order valence-electron chi connectivity index (χ0n) is 19.8. The Kier molecular flexibility index (Phi) is 6.13. The molecule has 4 aromatic rings. The predicted octanol–water partition coefficient (Wildman–Crippen LogP) is 3.56. The van der Waals surface area contributed by atoms with E-state index in [-0.39, 0.29) is 11.8 Å². The molecule has 1 N–H and O–H groups in total. The lowest BCUT2D eigenvalue weighted by Crippen LogP contribution is -2.50. The van der Waals surface area contributed by atoms with Crippen molar-refractivity contribution in [3.63, 3.8) is 0 Å². The molecule has 4 heterocycles. The third-order valence-corrected chi connectivity index (χ3v) is 6.36. The van der Waals surface area contributed by atoms with Gasteiger partial charge in [-0.1, -0.05) is 0 Å². The Hall–Kier alpha value is -4.27. The standard InChI is InChI=1S/C26H27N7O2/c1-3-31-17-22(21-8-10-27-16-24(21)31)23-9-11-28-26(30-23)29-20-6-4-19(5-7-20)25(35)33-14-12-32(13-15-33)18(2)34/h4-11,16-17H,3,12-15H2,1-2H3,(H,28,29,30). The first-order chi connectivity index (χ1) is 17.0. The van der Waals surface area contributed by atoms with Gasteiger partial charge in [0.15, 0.2) is 0 Å². The van der Waals surface area contributed by atoms with E-state index in [2.05, 4.69) is 33.0 Å². The summed E-state index contributed by atoms with van der Waals surface area (Å²) in [5.41, 5.74) is 4.33. The third-order valence-electron chi connectivity index (χ3n) is 6.36. The van der Waals surface area contributed by atoms with Crippen molar-refractivity contribution in [2.75, 3.05) is 31.5 Å². The lowest BCUT2D eigenvalue weighted by atomic mass is 10.1. The molecule has 1 aromatic carbocycles. The monoisotopic (exact) mass is 469 g/mol. The van der Waals surface area contributed by atoms with Crippen molar-refractivity contribution >= 4 is 34.4 Å². The SMILES string of the molecule is CCn1cc(-c2ccnc(Nc3ccc(C(=O)N4CCN(C(C)=O)CC4)cc3)n2)c2ccncc21. The van der Waals surface area contributed by atoms with E-state index in [1.165, 1.54) is 0 Å². The smallest absolute Gasteiger partial charge is 0.253 e. The molecule has 0 bridgehead atoms. The number of rotatable bonds is 5. The fourth-order valence-electron chi connectivity index (χ4n) is 4.40.